The van der Waals surface area contributed by atoms with E-state index in [0.717, 1.165) is 25.7 Å². The van der Waals surface area contributed by atoms with Gasteiger partial charge in [0.15, 0.2) is 5.84 Å². The number of hydrogen-bond acceptors (Lipinski definition) is 6. The summed E-state index contributed by atoms with van der Waals surface area (Å²) in [5, 5.41) is 13.1. The molecule has 1 heterocycles. The van der Waals surface area contributed by atoms with E-state index in [2.05, 4.69) is 5.16 Å². The first-order chi connectivity index (χ1) is 15.6. The molecule has 2 rings (SSSR count). The summed E-state index contributed by atoms with van der Waals surface area (Å²) in [5.74, 6) is -1.13. The van der Waals surface area contributed by atoms with Crippen LogP contribution in [0.25, 0.3) is 0 Å². The Hall–Kier alpha value is -2.32. The second-order valence-electron chi connectivity index (χ2n) is 10.3. The van der Waals surface area contributed by atoms with Gasteiger partial charge < -0.3 is 20.4 Å². The first kappa shape index (κ1) is 26.9. The zero-order valence-electron chi connectivity index (χ0n) is 20.4. The smallest absolute Gasteiger partial charge is 0.407 e. The van der Waals surface area contributed by atoms with Crippen LogP contribution in [0.2, 0.25) is 0 Å². The fourth-order valence-corrected chi connectivity index (χ4v) is 4.72. The number of nitrogens with zero attached hydrogens (tertiary/aromatic N) is 2. The first-order valence-electron chi connectivity index (χ1n) is 12.3. The van der Waals surface area contributed by atoms with E-state index in [1.54, 1.807) is 20.8 Å². The number of piperidine rings is 1. The predicted molar refractivity (Wildman–Crippen MR) is 124 cm³/mol. The molecule has 2 aliphatic rings. The molecule has 33 heavy (non-hydrogen) atoms. The highest BCUT2D eigenvalue weighted by molar-refractivity contribution is 5.89. The molecule has 2 fully saturated rings. The summed E-state index contributed by atoms with van der Waals surface area (Å²) in [5.41, 5.74) is 5.34. The maximum atomic E-state index is 12.8. The van der Waals surface area contributed by atoms with E-state index >= 15 is 0 Å². The lowest BCUT2D eigenvalue weighted by atomic mass is 9.84. The van der Waals surface area contributed by atoms with Crippen molar-refractivity contribution in [2.75, 3.05) is 6.54 Å². The summed E-state index contributed by atoms with van der Waals surface area (Å²) >= 11 is 0. The van der Waals surface area contributed by atoms with Crippen LogP contribution in [0.1, 0.15) is 97.8 Å². The lowest BCUT2D eigenvalue weighted by molar-refractivity contribution is -0.161. The molecule has 1 aliphatic heterocycles. The molecule has 0 aromatic carbocycles. The molecule has 3 N–H and O–H groups in total. The number of likely N-dealkylation sites (tertiary alicyclic amines) is 1. The minimum atomic E-state index is -1.07. The maximum absolute atomic E-state index is 12.8. The molecule has 0 radical (unpaired) electrons. The number of carbonyl (C=O) groups is 3. The van der Waals surface area contributed by atoms with Crippen LogP contribution in [0.5, 0.6) is 0 Å². The third-order valence-electron chi connectivity index (χ3n) is 6.39. The van der Waals surface area contributed by atoms with Crippen LogP contribution in [-0.4, -0.2) is 52.1 Å². The highest BCUT2D eigenvalue weighted by Crippen LogP contribution is 2.29. The van der Waals surface area contributed by atoms with Gasteiger partial charge in [-0.15, -0.1) is 0 Å². The van der Waals surface area contributed by atoms with Gasteiger partial charge in [0.25, 0.3) is 0 Å². The summed E-state index contributed by atoms with van der Waals surface area (Å²) in [6.45, 7) is 5.71. The number of amidine groups is 1. The number of rotatable bonds is 9. The monoisotopic (exact) mass is 467 g/mol. The summed E-state index contributed by atoms with van der Waals surface area (Å²) < 4.78 is 5.40. The standard InChI is InChI=1S/C24H41N3O6/c1-24(2,3)32-20(28)16-18(13-9-12-17-10-5-4-6-11-17)22(29)33-26-21(25)19-14-7-8-15-27(19)23(30)31/h17-19H,4-16H2,1-3H3,(H2,25,26)(H,30,31)/t18-,19+/m1/s1. The maximum Gasteiger partial charge on any atom is 0.407 e. The van der Waals surface area contributed by atoms with Crippen LogP contribution in [0, 0.1) is 11.8 Å². The number of hydrogen-bond donors (Lipinski definition) is 2. The van der Waals surface area contributed by atoms with Crippen molar-refractivity contribution in [3.05, 3.63) is 0 Å². The summed E-state index contributed by atoms with van der Waals surface area (Å²) in [4.78, 5) is 43.0. The number of ether oxygens (including phenoxy) is 1. The normalized spacial score (nSPS) is 21.4. The van der Waals surface area contributed by atoms with Gasteiger partial charge in [0.2, 0.25) is 0 Å². The van der Waals surface area contributed by atoms with Gasteiger partial charge in [-0.2, -0.15) is 0 Å². The minimum Gasteiger partial charge on any atom is -0.465 e. The van der Waals surface area contributed by atoms with Gasteiger partial charge in [-0.3, -0.25) is 9.69 Å². The van der Waals surface area contributed by atoms with Gasteiger partial charge in [0.05, 0.1) is 18.4 Å². The number of amides is 1. The Labute approximate surface area is 197 Å². The number of nitrogens with two attached hydrogens (primary N) is 1. The fraction of sp³-hybridized carbons (Fsp3) is 0.833. The predicted octanol–water partition coefficient (Wildman–Crippen LogP) is 4.43. The van der Waals surface area contributed by atoms with Gasteiger partial charge >= 0.3 is 18.0 Å². The molecule has 188 valence electrons. The fourth-order valence-electron chi connectivity index (χ4n) is 4.72. The Bertz CT molecular complexity index is 697. The quantitative estimate of drug-likeness (QED) is 0.168. The molecule has 1 saturated carbocycles. The molecule has 0 aromatic heterocycles. The van der Waals surface area contributed by atoms with Crippen molar-refractivity contribution in [3.8, 4) is 0 Å². The van der Waals surface area contributed by atoms with Crippen LogP contribution < -0.4 is 5.73 Å². The second-order valence-corrected chi connectivity index (χ2v) is 10.3. The van der Waals surface area contributed by atoms with Crippen molar-refractivity contribution in [3.63, 3.8) is 0 Å². The van der Waals surface area contributed by atoms with Crippen molar-refractivity contribution >= 4 is 23.9 Å². The van der Waals surface area contributed by atoms with E-state index in [-0.39, 0.29) is 12.3 Å². The molecule has 9 nitrogen and oxygen atoms in total. The molecular formula is C24H41N3O6. The van der Waals surface area contributed by atoms with Gasteiger partial charge in [-0.1, -0.05) is 50.1 Å². The molecule has 1 amide bonds. The van der Waals surface area contributed by atoms with Gasteiger partial charge in [-0.25, -0.2) is 9.59 Å². The third kappa shape index (κ3) is 9.60. The van der Waals surface area contributed by atoms with Gasteiger partial charge in [-0.05, 0) is 52.4 Å². The average Bonchev–Trinajstić information content (AvgIpc) is 2.76. The van der Waals surface area contributed by atoms with Crippen LogP contribution in [-0.2, 0) is 19.2 Å². The van der Waals surface area contributed by atoms with E-state index in [0.29, 0.717) is 25.3 Å². The summed E-state index contributed by atoms with van der Waals surface area (Å²) in [7, 11) is 0. The second kappa shape index (κ2) is 12.8. The van der Waals surface area contributed by atoms with E-state index in [9.17, 15) is 19.5 Å². The summed E-state index contributed by atoms with van der Waals surface area (Å²) in [6.07, 6.45) is 9.58. The molecule has 0 bridgehead atoms. The minimum absolute atomic E-state index is 0.0383. The molecule has 0 spiro atoms. The topological polar surface area (TPSA) is 132 Å². The Morgan fingerprint density at radius 2 is 1.76 bits per heavy atom. The Balaban J connectivity index is 1.98. The van der Waals surface area contributed by atoms with Crippen LogP contribution in [0.4, 0.5) is 4.79 Å². The van der Waals surface area contributed by atoms with Gasteiger partial charge in [0, 0.05) is 6.54 Å². The molecule has 9 heteroatoms. The zero-order valence-corrected chi connectivity index (χ0v) is 20.4. The lowest BCUT2D eigenvalue weighted by Gasteiger charge is -2.32. The van der Waals surface area contributed by atoms with Crippen molar-refractivity contribution < 1.29 is 29.1 Å². The van der Waals surface area contributed by atoms with E-state index in [1.807, 2.05) is 0 Å². The first-order valence-corrected chi connectivity index (χ1v) is 12.3. The molecular weight excluding hydrogens is 426 g/mol. The SMILES string of the molecule is CC(C)(C)OC(=O)C[C@@H](CCCC1CCCCC1)C(=O)O/N=C(\N)[C@@H]1CCCCN1C(=O)O. The average molecular weight is 468 g/mol. The van der Waals surface area contributed by atoms with E-state index in [1.165, 1.54) is 37.0 Å². The third-order valence-corrected chi connectivity index (χ3v) is 6.39. The van der Waals surface area contributed by atoms with E-state index < -0.39 is 35.6 Å². The van der Waals surface area contributed by atoms with Crippen LogP contribution >= 0.6 is 0 Å². The lowest BCUT2D eigenvalue weighted by Crippen LogP contribution is -2.50. The zero-order chi connectivity index (χ0) is 24.4. The largest absolute Gasteiger partial charge is 0.465 e. The Morgan fingerprint density at radius 3 is 2.39 bits per heavy atom. The number of esters is 1. The molecule has 0 unspecified atom stereocenters. The van der Waals surface area contributed by atoms with Crippen LogP contribution in [0.15, 0.2) is 5.16 Å². The Kier molecular flexibility index (Phi) is 10.4. The highest BCUT2D eigenvalue weighted by Gasteiger charge is 2.31. The van der Waals surface area contributed by atoms with Crippen molar-refractivity contribution in [2.24, 2.45) is 22.7 Å². The molecule has 0 aromatic rings. The van der Waals surface area contributed by atoms with Crippen molar-refractivity contribution in [1.29, 1.82) is 0 Å². The molecule has 1 aliphatic carbocycles. The van der Waals surface area contributed by atoms with Crippen molar-refractivity contribution in [1.82, 2.24) is 4.90 Å². The summed E-state index contributed by atoms with van der Waals surface area (Å²) in [6, 6.07) is -0.611. The van der Waals surface area contributed by atoms with Crippen molar-refractivity contribution in [2.45, 2.75) is 109 Å². The molecule has 2 atom stereocenters. The Morgan fingerprint density at radius 1 is 1.09 bits per heavy atom. The van der Waals surface area contributed by atoms with Crippen LogP contribution in [0.3, 0.4) is 0 Å². The molecule has 1 saturated heterocycles. The van der Waals surface area contributed by atoms with Gasteiger partial charge in [0.1, 0.15) is 5.60 Å². The number of carboxylic acid groups (broad SMARTS) is 1. The highest BCUT2D eigenvalue weighted by atomic mass is 16.7. The number of oxime groups is 1. The number of carbonyl (C=O) groups excluding carboxylic acids is 2. The van der Waals surface area contributed by atoms with E-state index in [4.69, 9.17) is 15.3 Å².